The fourth-order valence-corrected chi connectivity index (χ4v) is 6.33. The highest BCUT2D eigenvalue weighted by Gasteiger charge is 2.31. The minimum absolute atomic E-state index is 0.187. The molecule has 0 radical (unpaired) electrons. The van der Waals surface area contributed by atoms with Gasteiger partial charge in [-0.05, 0) is 84.7 Å². The van der Waals surface area contributed by atoms with Crippen molar-refractivity contribution in [2.75, 3.05) is 6.54 Å². The van der Waals surface area contributed by atoms with Crippen LogP contribution in [-0.2, 0) is 0 Å². The highest BCUT2D eigenvalue weighted by molar-refractivity contribution is 6.06. The Hall–Kier alpha value is -3.32. The van der Waals surface area contributed by atoms with Crippen LogP contribution in [0.25, 0.3) is 33.2 Å². The van der Waals surface area contributed by atoms with Crippen LogP contribution in [0.2, 0.25) is 0 Å². The number of nitrogens with one attached hydrogen (secondary N) is 4. The molecule has 0 amide bonds. The molecule has 3 aliphatic rings. The van der Waals surface area contributed by atoms with E-state index in [-0.39, 0.29) is 6.17 Å². The number of H-pyrrole nitrogens is 1. The minimum atomic E-state index is 0.187. The van der Waals surface area contributed by atoms with Gasteiger partial charge in [0.2, 0.25) is 0 Å². The van der Waals surface area contributed by atoms with E-state index in [0.717, 1.165) is 35.8 Å². The van der Waals surface area contributed by atoms with E-state index < -0.39 is 0 Å². The van der Waals surface area contributed by atoms with Gasteiger partial charge in [-0.1, -0.05) is 48.5 Å². The van der Waals surface area contributed by atoms with Gasteiger partial charge in [0.15, 0.2) is 0 Å². The number of aromatic nitrogens is 2. The van der Waals surface area contributed by atoms with Gasteiger partial charge >= 0.3 is 0 Å². The van der Waals surface area contributed by atoms with Gasteiger partial charge in [0.1, 0.15) is 12.0 Å². The molecule has 0 spiro atoms. The fourth-order valence-electron chi connectivity index (χ4n) is 6.33. The molecule has 1 aromatic heterocycles. The molecule has 0 saturated carbocycles. The lowest BCUT2D eigenvalue weighted by Crippen LogP contribution is -2.42. The molecule has 7 rings (SSSR count). The topological polar surface area (TPSA) is 77.1 Å². The third-order valence-electron chi connectivity index (χ3n) is 8.57. The molecule has 6 heteroatoms. The SMILES string of the molecule is CC1CCC(c2ncc(-c3ccc(-c4ccc5cc(C6=NC(C7CCC(C)N7)NC6)ccc5c4)cc3)[nH]2)N1. The van der Waals surface area contributed by atoms with Crippen molar-refractivity contribution < 1.29 is 0 Å². The molecule has 2 saturated heterocycles. The molecule has 3 aliphatic heterocycles. The average Bonchev–Trinajstić information content (AvgIpc) is 3.75. The number of hydrogen-bond acceptors (Lipinski definition) is 5. The van der Waals surface area contributed by atoms with Crippen LogP contribution in [0.5, 0.6) is 0 Å². The van der Waals surface area contributed by atoms with Crippen molar-refractivity contribution in [3.8, 4) is 22.4 Å². The van der Waals surface area contributed by atoms with Crippen molar-refractivity contribution in [3.63, 3.8) is 0 Å². The predicted molar refractivity (Wildman–Crippen MR) is 155 cm³/mol. The lowest BCUT2D eigenvalue weighted by molar-refractivity contribution is 0.435. The summed E-state index contributed by atoms with van der Waals surface area (Å²) in [5, 5.41) is 13.4. The van der Waals surface area contributed by atoms with Crippen LogP contribution in [0.15, 0.2) is 71.9 Å². The predicted octanol–water partition coefficient (Wildman–Crippen LogP) is 5.57. The van der Waals surface area contributed by atoms with Crippen molar-refractivity contribution in [1.29, 1.82) is 0 Å². The smallest absolute Gasteiger partial charge is 0.123 e. The Balaban J connectivity index is 1.07. The summed E-state index contributed by atoms with van der Waals surface area (Å²) in [5.41, 5.74) is 7.07. The summed E-state index contributed by atoms with van der Waals surface area (Å²) >= 11 is 0. The molecule has 38 heavy (non-hydrogen) atoms. The van der Waals surface area contributed by atoms with E-state index in [1.807, 2.05) is 6.20 Å². The Morgan fingerprint density at radius 3 is 2.13 bits per heavy atom. The van der Waals surface area contributed by atoms with Gasteiger partial charge in [0.05, 0.1) is 23.6 Å². The first kappa shape index (κ1) is 23.8. The first-order chi connectivity index (χ1) is 18.6. The van der Waals surface area contributed by atoms with Crippen molar-refractivity contribution in [1.82, 2.24) is 25.9 Å². The summed E-state index contributed by atoms with van der Waals surface area (Å²) in [4.78, 5) is 13.2. The maximum absolute atomic E-state index is 5.04. The summed E-state index contributed by atoms with van der Waals surface area (Å²) < 4.78 is 0. The molecular formula is C32H36N6. The number of benzene rings is 3. The van der Waals surface area contributed by atoms with Crippen LogP contribution < -0.4 is 16.0 Å². The molecular weight excluding hydrogens is 468 g/mol. The second kappa shape index (κ2) is 9.77. The summed E-state index contributed by atoms with van der Waals surface area (Å²) in [6.07, 6.45) is 6.91. The van der Waals surface area contributed by atoms with Gasteiger partial charge in [0, 0.05) is 24.7 Å². The molecule has 5 atom stereocenters. The second-order valence-electron chi connectivity index (χ2n) is 11.4. The van der Waals surface area contributed by atoms with E-state index in [1.165, 1.54) is 46.7 Å². The highest BCUT2D eigenvalue weighted by Crippen LogP contribution is 2.30. The monoisotopic (exact) mass is 504 g/mol. The van der Waals surface area contributed by atoms with Gasteiger partial charge in [-0.25, -0.2) is 4.98 Å². The molecule has 3 aromatic carbocycles. The van der Waals surface area contributed by atoms with Crippen molar-refractivity contribution in [2.45, 2.75) is 69.9 Å². The van der Waals surface area contributed by atoms with E-state index in [9.17, 15) is 0 Å². The van der Waals surface area contributed by atoms with Crippen LogP contribution in [0.3, 0.4) is 0 Å². The van der Waals surface area contributed by atoms with Crippen molar-refractivity contribution in [2.24, 2.45) is 4.99 Å². The summed E-state index contributed by atoms with van der Waals surface area (Å²) in [7, 11) is 0. The number of aliphatic imine (C=N–C) groups is 1. The zero-order valence-corrected chi connectivity index (χ0v) is 22.2. The fraction of sp³-hybridized carbons (Fsp3) is 0.375. The quantitative estimate of drug-likeness (QED) is 0.287. The molecule has 0 bridgehead atoms. The number of fused-ring (bicyclic) bond motifs is 1. The standard InChI is InChI=1S/C32H36N6/c1-19-3-13-27(35-19)31-33-17-29(37-31)22-7-5-21(6-8-22)23-9-10-25-16-26(12-11-24(25)15-23)30-18-34-32(38-30)28-14-4-20(2)36-28/h5-12,15-17,19-20,27-28,32,34-36H,3-4,13-14,18H2,1-2H3,(H,33,37). The van der Waals surface area contributed by atoms with Gasteiger partial charge in [-0.2, -0.15) is 0 Å². The number of aromatic amines is 1. The largest absolute Gasteiger partial charge is 0.341 e. The number of imidazole rings is 1. The van der Waals surface area contributed by atoms with E-state index in [0.29, 0.717) is 24.2 Å². The first-order valence-electron chi connectivity index (χ1n) is 14.1. The minimum Gasteiger partial charge on any atom is -0.341 e. The first-order valence-corrected chi connectivity index (χ1v) is 14.1. The maximum Gasteiger partial charge on any atom is 0.123 e. The molecule has 4 N–H and O–H groups in total. The Bertz CT molecular complexity index is 1490. The molecule has 5 unspecified atom stereocenters. The number of hydrogen-bond donors (Lipinski definition) is 4. The molecule has 4 heterocycles. The van der Waals surface area contributed by atoms with E-state index in [2.05, 4.69) is 100 Å². The average molecular weight is 505 g/mol. The van der Waals surface area contributed by atoms with Crippen LogP contribution in [0, 0.1) is 0 Å². The number of rotatable bonds is 5. The van der Waals surface area contributed by atoms with Crippen molar-refractivity contribution in [3.05, 3.63) is 78.2 Å². The van der Waals surface area contributed by atoms with Crippen LogP contribution >= 0.6 is 0 Å². The lowest BCUT2D eigenvalue weighted by Gasteiger charge is -2.17. The Morgan fingerprint density at radius 2 is 1.39 bits per heavy atom. The summed E-state index contributed by atoms with van der Waals surface area (Å²) in [6, 6.07) is 24.2. The molecule has 0 aliphatic carbocycles. The van der Waals surface area contributed by atoms with Crippen LogP contribution in [0.1, 0.15) is 57.0 Å². The molecule has 6 nitrogen and oxygen atoms in total. The molecule has 4 aromatic rings. The van der Waals surface area contributed by atoms with E-state index in [4.69, 9.17) is 4.99 Å². The zero-order chi connectivity index (χ0) is 25.6. The van der Waals surface area contributed by atoms with Gasteiger partial charge in [-0.3, -0.25) is 10.3 Å². The maximum atomic E-state index is 5.04. The Morgan fingerprint density at radius 1 is 0.711 bits per heavy atom. The van der Waals surface area contributed by atoms with Gasteiger partial charge in [0.25, 0.3) is 0 Å². The Labute approximate surface area is 224 Å². The van der Waals surface area contributed by atoms with Gasteiger partial charge in [-0.15, -0.1) is 0 Å². The second-order valence-corrected chi connectivity index (χ2v) is 11.4. The molecule has 194 valence electrons. The van der Waals surface area contributed by atoms with E-state index in [1.54, 1.807) is 0 Å². The number of nitrogens with zero attached hydrogens (tertiary/aromatic N) is 2. The van der Waals surface area contributed by atoms with Gasteiger partial charge < -0.3 is 15.6 Å². The van der Waals surface area contributed by atoms with Crippen molar-refractivity contribution >= 4 is 16.5 Å². The lowest BCUT2D eigenvalue weighted by atomic mass is 9.98. The zero-order valence-electron chi connectivity index (χ0n) is 22.2. The summed E-state index contributed by atoms with van der Waals surface area (Å²) in [5.74, 6) is 1.04. The summed E-state index contributed by atoms with van der Waals surface area (Å²) in [6.45, 7) is 5.33. The molecule has 2 fully saturated rings. The highest BCUT2D eigenvalue weighted by atomic mass is 15.2. The third kappa shape index (κ3) is 4.57. The van der Waals surface area contributed by atoms with E-state index >= 15 is 0 Å². The third-order valence-corrected chi connectivity index (χ3v) is 8.57. The Kier molecular flexibility index (Phi) is 6.11. The normalized spacial score (nSPS) is 27.3. The van der Waals surface area contributed by atoms with Crippen LogP contribution in [-0.4, -0.2) is 46.5 Å². The van der Waals surface area contributed by atoms with Crippen LogP contribution in [0.4, 0.5) is 0 Å².